The summed E-state index contributed by atoms with van der Waals surface area (Å²) in [5.41, 5.74) is 0. The van der Waals surface area contributed by atoms with E-state index in [0.29, 0.717) is 0 Å². The van der Waals surface area contributed by atoms with E-state index in [1.807, 2.05) is 7.05 Å². The number of hydrogen-bond acceptors (Lipinski definition) is 2. The quantitative estimate of drug-likeness (QED) is 0.281. The first kappa shape index (κ1) is 22.5. The Morgan fingerprint density at radius 1 is 0.565 bits per heavy atom. The van der Waals surface area contributed by atoms with Crippen LogP contribution < -0.4 is 10.6 Å². The lowest BCUT2D eigenvalue weighted by atomic mass is 10.0. The molecule has 0 aliphatic heterocycles. The van der Waals surface area contributed by atoms with Crippen LogP contribution in [0.25, 0.3) is 0 Å². The zero-order chi connectivity index (χ0) is 16.8. The van der Waals surface area contributed by atoms with E-state index in [9.17, 15) is 0 Å². The molecule has 0 rings (SSSR count). The summed E-state index contributed by atoms with van der Waals surface area (Å²) in [7, 11) is 1.93. The van der Waals surface area contributed by atoms with Gasteiger partial charge in [0.2, 0.25) is 0 Å². The van der Waals surface area contributed by atoms with E-state index in [2.05, 4.69) is 29.4 Å². The van der Waals surface area contributed by atoms with E-state index < -0.39 is 0 Å². The van der Waals surface area contributed by atoms with E-state index in [1.165, 1.54) is 89.9 Å². The first-order chi connectivity index (χ1) is 11.4. The summed E-state index contributed by atoms with van der Waals surface area (Å²) in [6.45, 7) is 5.03. The van der Waals surface area contributed by atoms with Gasteiger partial charge in [0, 0.05) is 0 Å². The summed E-state index contributed by atoms with van der Waals surface area (Å²) in [5, 5.41) is 6.41. The predicted molar refractivity (Wildman–Crippen MR) is 105 cm³/mol. The second kappa shape index (κ2) is 21.5. The van der Waals surface area contributed by atoms with Crippen molar-refractivity contribution in [2.24, 2.45) is 0 Å². The number of nitrogens with one attached hydrogen (secondary N) is 2. The largest absolute Gasteiger partial charge is 0.309 e. The highest BCUT2D eigenvalue weighted by molar-refractivity contribution is 5.01. The van der Waals surface area contributed by atoms with Gasteiger partial charge in [-0.05, 0) is 20.0 Å². The number of hydrogen-bond donors (Lipinski definition) is 2. The Morgan fingerprint density at radius 3 is 1.48 bits per heavy atom. The van der Waals surface area contributed by atoms with Crippen molar-refractivity contribution in [3.63, 3.8) is 0 Å². The molecule has 2 nitrogen and oxygen atoms in total. The maximum absolute atomic E-state index is 3.39. The van der Waals surface area contributed by atoms with Crippen LogP contribution in [0.1, 0.15) is 96.8 Å². The molecule has 0 saturated heterocycles. The highest BCUT2D eigenvalue weighted by Crippen LogP contribution is 2.12. The SMILES string of the molecule is CCCCCCCCCCCCCCCCNCC#CCNC. The van der Waals surface area contributed by atoms with Crippen molar-refractivity contribution in [1.82, 2.24) is 10.6 Å². The Labute approximate surface area is 146 Å². The molecule has 0 bridgehead atoms. The Hall–Kier alpha value is -0.520. The van der Waals surface area contributed by atoms with E-state index >= 15 is 0 Å². The summed E-state index contributed by atoms with van der Waals surface area (Å²) in [5.74, 6) is 6.18. The zero-order valence-corrected chi connectivity index (χ0v) is 16.0. The zero-order valence-electron chi connectivity index (χ0n) is 16.0. The molecule has 0 saturated carbocycles. The van der Waals surface area contributed by atoms with E-state index in [1.54, 1.807) is 0 Å². The van der Waals surface area contributed by atoms with Crippen molar-refractivity contribution in [2.75, 3.05) is 26.7 Å². The summed E-state index contributed by atoms with van der Waals surface area (Å²) >= 11 is 0. The molecule has 23 heavy (non-hydrogen) atoms. The third-order valence-corrected chi connectivity index (χ3v) is 4.31. The minimum atomic E-state index is 0.792. The number of unbranched alkanes of at least 4 members (excludes halogenated alkanes) is 13. The summed E-state index contributed by atoms with van der Waals surface area (Å²) in [4.78, 5) is 0. The molecular formula is C21H42N2. The van der Waals surface area contributed by atoms with Crippen molar-refractivity contribution >= 4 is 0 Å². The maximum Gasteiger partial charge on any atom is 0.0577 e. The monoisotopic (exact) mass is 322 g/mol. The summed E-state index contributed by atoms with van der Waals surface area (Å²) < 4.78 is 0. The Morgan fingerprint density at radius 2 is 1.00 bits per heavy atom. The predicted octanol–water partition coefficient (Wildman–Crippen LogP) is 5.28. The molecule has 0 aliphatic carbocycles. The fourth-order valence-electron chi connectivity index (χ4n) is 2.81. The molecule has 0 aromatic rings. The van der Waals surface area contributed by atoms with E-state index in [4.69, 9.17) is 0 Å². The smallest absolute Gasteiger partial charge is 0.0577 e. The van der Waals surface area contributed by atoms with Crippen molar-refractivity contribution in [2.45, 2.75) is 96.8 Å². The van der Waals surface area contributed by atoms with Crippen LogP contribution in [-0.4, -0.2) is 26.7 Å². The average molecular weight is 323 g/mol. The van der Waals surface area contributed by atoms with Gasteiger partial charge in [-0.2, -0.15) is 0 Å². The van der Waals surface area contributed by atoms with E-state index in [-0.39, 0.29) is 0 Å². The van der Waals surface area contributed by atoms with Crippen LogP contribution in [-0.2, 0) is 0 Å². The molecule has 0 heterocycles. The topological polar surface area (TPSA) is 24.1 Å². The van der Waals surface area contributed by atoms with Gasteiger partial charge >= 0.3 is 0 Å². The molecule has 0 atom stereocenters. The highest BCUT2D eigenvalue weighted by Gasteiger charge is 1.94. The normalized spacial score (nSPS) is 10.5. The van der Waals surface area contributed by atoms with Gasteiger partial charge in [-0.1, -0.05) is 102 Å². The lowest BCUT2D eigenvalue weighted by molar-refractivity contribution is 0.532. The Kier molecular flexibility index (Phi) is 21.0. The standard InChI is InChI=1S/C21H42N2/c1-3-4-5-6-7-8-9-10-11-12-13-14-15-16-20-23-21-18-17-19-22-2/h22-23H,3-16,19-21H2,1-2H3. The minimum absolute atomic E-state index is 0.792. The van der Waals surface area contributed by atoms with Crippen molar-refractivity contribution in [1.29, 1.82) is 0 Å². The molecule has 136 valence electrons. The average Bonchev–Trinajstić information content (AvgIpc) is 2.57. The third-order valence-electron chi connectivity index (χ3n) is 4.31. The second-order valence-corrected chi connectivity index (χ2v) is 6.66. The number of rotatable bonds is 17. The summed E-state index contributed by atoms with van der Waals surface area (Å²) in [6, 6.07) is 0. The maximum atomic E-state index is 3.39. The van der Waals surface area contributed by atoms with Crippen LogP contribution in [0.4, 0.5) is 0 Å². The fraction of sp³-hybridized carbons (Fsp3) is 0.905. The van der Waals surface area contributed by atoms with Gasteiger partial charge in [0.1, 0.15) is 0 Å². The van der Waals surface area contributed by atoms with Crippen LogP contribution in [0, 0.1) is 11.8 Å². The van der Waals surface area contributed by atoms with E-state index in [0.717, 1.165) is 19.6 Å². The summed E-state index contributed by atoms with van der Waals surface area (Å²) in [6.07, 6.45) is 20.0. The molecule has 2 N–H and O–H groups in total. The molecule has 0 fully saturated rings. The molecule has 0 aromatic carbocycles. The first-order valence-corrected chi connectivity index (χ1v) is 10.2. The molecule has 0 radical (unpaired) electrons. The van der Waals surface area contributed by atoms with Crippen LogP contribution in [0.2, 0.25) is 0 Å². The molecule has 0 spiro atoms. The molecular weight excluding hydrogens is 280 g/mol. The molecule has 0 amide bonds. The van der Waals surface area contributed by atoms with Crippen molar-refractivity contribution in [3.05, 3.63) is 0 Å². The van der Waals surface area contributed by atoms with Crippen LogP contribution in [0.3, 0.4) is 0 Å². The van der Waals surface area contributed by atoms with Gasteiger partial charge in [-0.25, -0.2) is 0 Å². The van der Waals surface area contributed by atoms with Gasteiger partial charge in [-0.15, -0.1) is 0 Å². The van der Waals surface area contributed by atoms with Crippen LogP contribution in [0.15, 0.2) is 0 Å². The first-order valence-electron chi connectivity index (χ1n) is 10.2. The lowest BCUT2D eigenvalue weighted by Crippen LogP contribution is -2.15. The Balaban J connectivity index is 2.99. The van der Waals surface area contributed by atoms with Crippen LogP contribution in [0.5, 0.6) is 0 Å². The third kappa shape index (κ3) is 21.5. The van der Waals surface area contributed by atoms with Gasteiger partial charge in [-0.3, -0.25) is 0 Å². The second-order valence-electron chi connectivity index (χ2n) is 6.66. The van der Waals surface area contributed by atoms with Crippen molar-refractivity contribution < 1.29 is 0 Å². The molecule has 0 unspecified atom stereocenters. The van der Waals surface area contributed by atoms with Gasteiger partial charge < -0.3 is 10.6 Å². The Bertz CT molecular complexity index is 265. The molecule has 2 heteroatoms. The molecule has 0 aromatic heterocycles. The van der Waals surface area contributed by atoms with Gasteiger partial charge in [0.05, 0.1) is 13.1 Å². The van der Waals surface area contributed by atoms with Gasteiger partial charge in [0.25, 0.3) is 0 Å². The fourth-order valence-corrected chi connectivity index (χ4v) is 2.81. The lowest BCUT2D eigenvalue weighted by Gasteiger charge is -2.03. The van der Waals surface area contributed by atoms with Crippen molar-refractivity contribution in [3.8, 4) is 11.8 Å². The highest BCUT2D eigenvalue weighted by atomic mass is 14.8. The van der Waals surface area contributed by atoms with Gasteiger partial charge in [0.15, 0.2) is 0 Å². The minimum Gasteiger partial charge on any atom is -0.309 e. The van der Waals surface area contributed by atoms with Crippen LogP contribution >= 0.6 is 0 Å². The molecule has 0 aliphatic rings.